The van der Waals surface area contributed by atoms with Crippen LogP contribution in [0.25, 0.3) is 0 Å². The summed E-state index contributed by atoms with van der Waals surface area (Å²) in [5.41, 5.74) is 6.56. The van der Waals surface area contributed by atoms with Gasteiger partial charge in [0.2, 0.25) is 14.7 Å². The molecule has 138 valence electrons. The molecule has 2 aromatic rings. The number of sulfone groups is 1. The zero-order chi connectivity index (χ0) is 19.0. The van der Waals surface area contributed by atoms with Crippen LogP contribution in [0.15, 0.2) is 55.5 Å². The molecule has 0 radical (unpaired) electrons. The van der Waals surface area contributed by atoms with E-state index in [2.05, 4.69) is 15.3 Å². The van der Waals surface area contributed by atoms with Crippen molar-refractivity contribution >= 4 is 39.0 Å². The fourth-order valence-electron chi connectivity index (χ4n) is 1.97. The Kier molecular flexibility index (Phi) is 7.34. The van der Waals surface area contributed by atoms with Crippen molar-refractivity contribution in [1.29, 1.82) is 5.53 Å². The van der Waals surface area contributed by atoms with Gasteiger partial charge in [-0.15, -0.1) is 23.1 Å². The molecule has 0 bridgehead atoms. The number of hydrogen-bond donors (Lipinski definition) is 3. The topological polar surface area (TPSA) is 134 Å². The third-order valence-corrected chi connectivity index (χ3v) is 7.64. The van der Waals surface area contributed by atoms with E-state index in [1.165, 1.54) is 6.07 Å². The Morgan fingerprint density at radius 1 is 1.27 bits per heavy atom. The van der Waals surface area contributed by atoms with Crippen LogP contribution in [0.3, 0.4) is 0 Å². The Morgan fingerprint density at radius 2 is 2.00 bits per heavy atom. The summed E-state index contributed by atoms with van der Waals surface area (Å²) in [4.78, 5) is 15.2. The first-order valence-corrected chi connectivity index (χ1v) is 10.8. The second-order valence-corrected chi connectivity index (χ2v) is 9.53. The van der Waals surface area contributed by atoms with Crippen LogP contribution >= 0.6 is 23.1 Å². The smallest absolute Gasteiger partial charge is 0.404 e. The minimum atomic E-state index is -3.62. The summed E-state index contributed by atoms with van der Waals surface area (Å²) in [6.07, 6.45) is -0.367. The molecule has 3 N–H and O–H groups in total. The minimum absolute atomic E-state index is 0.0743. The van der Waals surface area contributed by atoms with Crippen LogP contribution in [0.5, 0.6) is 0 Å². The molecule has 2 rings (SSSR count). The predicted molar refractivity (Wildman–Crippen MR) is 98.6 cm³/mol. The molecule has 0 unspecified atom stereocenters. The molecule has 0 aliphatic rings. The van der Waals surface area contributed by atoms with Gasteiger partial charge < -0.3 is 10.4 Å². The number of benzene rings is 1. The van der Waals surface area contributed by atoms with E-state index in [1.54, 1.807) is 42.1 Å². The molecule has 0 aliphatic heterocycles. The fourth-order valence-corrected chi connectivity index (χ4v) is 5.50. The number of hydrogen-bond acceptors (Lipinski definition) is 7. The molecule has 0 saturated heterocycles. The second kappa shape index (κ2) is 9.48. The third kappa shape index (κ3) is 5.67. The van der Waals surface area contributed by atoms with Crippen LogP contribution in [-0.2, 0) is 16.4 Å². The maximum Gasteiger partial charge on any atom is 0.404 e. The Balaban J connectivity index is 2.02. The van der Waals surface area contributed by atoms with Crippen molar-refractivity contribution in [2.24, 2.45) is 5.11 Å². The van der Waals surface area contributed by atoms with Gasteiger partial charge in [0.15, 0.2) is 0 Å². The van der Waals surface area contributed by atoms with Crippen molar-refractivity contribution in [2.45, 2.75) is 27.0 Å². The van der Waals surface area contributed by atoms with Gasteiger partial charge in [-0.1, -0.05) is 0 Å². The van der Waals surface area contributed by atoms with Gasteiger partial charge in [-0.05, 0) is 42.8 Å². The number of carbonyl (C=O) groups is 1. The average Bonchev–Trinajstić information content (AvgIpc) is 3.10. The highest BCUT2D eigenvalue weighted by molar-refractivity contribution is 7.99. The second-order valence-electron chi connectivity index (χ2n) is 5.02. The van der Waals surface area contributed by atoms with Crippen LogP contribution < -0.4 is 10.2 Å². The summed E-state index contributed by atoms with van der Waals surface area (Å²) in [7, 11) is -3.62. The van der Waals surface area contributed by atoms with E-state index in [0.717, 1.165) is 28.4 Å². The molecule has 0 fully saturated rings. The van der Waals surface area contributed by atoms with Gasteiger partial charge in [0, 0.05) is 15.5 Å². The van der Waals surface area contributed by atoms with Crippen LogP contribution in [0, 0.1) is 5.53 Å². The Labute approximate surface area is 158 Å². The Morgan fingerprint density at radius 3 is 2.65 bits per heavy atom. The van der Waals surface area contributed by atoms with E-state index in [0.29, 0.717) is 11.4 Å². The number of thioether (sulfide) groups is 1. The summed E-state index contributed by atoms with van der Waals surface area (Å²) in [6, 6.07) is 9.73. The number of thiophene rings is 1. The summed E-state index contributed by atoms with van der Waals surface area (Å²) < 4.78 is 25.5. The van der Waals surface area contributed by atoms with Gasteiger partial charge in [0.1, 0.15) is 21.4 Å². The zero-order valence-corrected chi connectivity index (χ0v) is 16.0. The molecule has 1 amide bonds. The van der Waals surface area contributed by atoms with E-state index in [-0.39, 0.29) is 15.6 Å². The van der Waals surface area contributed by atoms with E-state index in [4.69, 9.17) is 10.6 Å². The van der Waals surface area contributed by atoms with Gasteiger partial charge in [0.05, 0.1) is 11.4 Å². The summed E-state index contributed by atoms with van der Waals surface area (Å²) in [5.74, 6) is 0.802. The van der Waals surface area contributed by atoms with Gasteiger partial charge in [0.25, 0.3) is 0 Å². The lowest BCUT2D eigenvalue weighted by atomic mass is 10.4. The number of nitrogens with zero attached hydrogens (tertiary/aromatic N) is 2. The van der Waals surface area contributed by atoms with Crippen molar-refractivity contribution in [3.05, 3.63) is 41.3 Å². The Bertz CT molecular complexity index is 903. The van der Waals surface area contributed by atoms with Gasteiger partial charge in [-0.3, -0.25) is 0 Å². The molecular formula is C15H17N4O4S3+. The zero-order valence-electron chi connectivity index (χ0n) is 13.6. The highest BCUT2D eigenvalue weighted by Gasteiger charge is 2.20. The lowest BCUT2D eigenvalue weighted by Gasteiger charge is -2.04. The van der Waals surface area contributed by atoms with E-state index in [9.17, 15) is 13.2 Å². The number of amides is 1. The molecule has 26 heavy (non-hydrogen) atoms. The summed E-state index contributed by atoms with van der Waals surface area (Å²) >= 11 is 2.63. The van der Waals surface area contributed by atoms with Gasteiger partial charge in [-0.2, -0.15) is 0 Å². The molecule has 0 atom stereocenters. The highest BCUT2D eigenvalue weighted by atomic mass is 32.2. The third-order valence-electron chi connectivity index (χ3n) is 3.19. The van der Waals surface area contributed by atoms with Crippen LogP contribution in [0.2, 0.25) is 0 Å². The van der Waals surface area contributed by atoms with Crippen LogP contribution in [0.4, 0.5) is 4.79 Å². The Hall–Kier alpha value is -2.20. The molecule has 0 aliphatic carbocycles. The number of nitrogens with one attached hydrogen (secondary N) is 2. The summed E-state index contributed by atoms with van der Waals surface area (Å²) in [5, 5.41) is 14.4. The maximum atomic E-state index is 12.7. The first-order chi connectivity index (χ1) is 12.4. The van der Waals surface area contributed by atoms with Crippen LogP contribution in [-0.4, -0.2) is 31.9 Å². The molecule has 1 aromatic carbocycles. The van der Waals surface area contributed by atoms with Crippen LogP contribution in [0.1, 0.15) is 11.3 Å². The fraction of sp³-hybridized carbons (Fsp3) is 0.267. The normalized spacial score (nSPS) is 10.9. The maximum absolute atomic E-state index is 12.7. The highest BCUT2D eigenvalue weighted by Crippen LogP contribution is 2.29. The standard InChI is InChI=1S/C15H16N4O4S3/c16-19-18-8-1-9-24-11-2-5-13(6-3-11)26(22,23)14-7-4-12(25-14)10-17-15(20)21/h2-7,16-17H,1,8-10H2/p+1. The van der Waals surface area contributed by atoms with Gasteiger partial charge in [-0.25, -0.2) is 13.2 Å². The SMILES string of the molecule is N=[N+]=NCCCSc1ccc(S(=O)(=O)c2ccc(CNC(=O)O)s2)cc1. The number of rotatable bonds is 9. The van der Waals surface area contributed by atoms with Crippen molar-refractivity contribution in [1.82, 2.24) is 10.2 Å². The average molecular weight is 414 g/mol. The van der Waals surface area contributed by atoms with Crippen molar-refractivity contribution in [3.63, 3.8) is 0 Å². The van der Waals surface area contributed by atoms with E-state index < -0.39 is 15.9 Å². The van der Waals surface area contributed by atoms with Crippen molar-refractivity contribution < 1.29 is 18.3 Å². The minimum Gasteiger partial charge on any atom is -0.465 e. The molecule has 0 spiro atoms. The molecule has 0 saturated carbocycles. The van der Waals surface area contributed by atoms with E-state index >= 15 is 0 Å². The molecule has 1 aromatic heterocycles. The number of carboxylic acid groups (broad SMARTS) is 1. The quantitative estimate of drug-likeness (QED) is 0.251. The molecule has 1 heterocycles. The molecule has 8 nitrogen and oxygen atoms in total. The van der Waals surface area contributed by atoms with Crippen molar-refractivity contribution in [3.8, 4) is 0 Å². The lowest BCUT2D eigenvalue weighted by Crippen LogP contribution is -2.19. The first kappa shape index (κ1) is 20.1. The summed E-state index contributed by atoms with van der Waals surface area (Å²) in [6.45, 7) is 0.575. The van der Waals surface area contributed by atoms with Crippen molar-refractivity contribution in [2.75, 3.05) is 12.3 Å². The lowest BCUT2D eigenvalue weighted by molar-refractivity contribution is 0.194. The molecular weight excluding hydrogens is 396 g/mol. The monoisotopic (exact) mass is 413 g/mol. The largest absolute Gasteiger partial charge is 0.465 e. The first-order valence-electron chi connectivity index (χ1n) is 7.50. The predicted octanol–water partition coefficient (Wildman–Crippen LogP) is 3.38. The molecule has 11 heteroatoms. The van der Waals surface area contributed by atoms with E-state index in [1.807, 2.05) is 0 Å². The van der Waals surface area contributed by atoms with Gasteiger partial charge >= 0.3 is 6.09 Å².